The third kappa shape index (κ3) is 3.19. The van der Waals surface area contributed by atoms with E-state index in [0.29, 0.717) is 16.5 Å². The quantitative estimate of drug-likeness (QED) is 0.574. The van der Waals surface area contributed by atoms with Crippen molar-refractivity contribution < 1.29 is 9.32 Å². The maximum atomic E-state index is 12.3. The second kappa shape index (κ2) is 6.54. The van der Waals surface area contributed by atoms with E-state index in [0.717, 1.165) is 10.6 Å². The van der Waals surface area contributed by atoms with Crippen LogP contribution in [0, 0.1) is 0 Å². The number of carbonyl (C=O) groups excluding carboxylic acids is 1. The Bertz CT molecular complexity index is 1010. The highest BCUT2D eigenvalue weighted by Crippen LogP contribution is 2.27. The van der Waals surface area contributed by atoms with Crippen molar-refractivity contribution in [3.8, 4) is 16.3 Å². The topological polar surface area (TPSA) is 73.0 Å². The van der Waals surface area contributed by atoms with E-state index in [-0.39, 0.29) is 11.6 Å². The van der Waals surface area contributed by atoms with Gasteiger partial charge in [0.15, 0.2) is 11.5 Å². The standard InChI is InChI=1S/C17H11ClN4O2S/c18-12-8-11(3-4-14(12)22-6-5-19-10-22)20-17(23)13-9-15(24-21-13)16-2-1-7-25-16/h1-10H,(H,20,23). The van der Waals surface area contributed by atoms with Gasteiger partial charge in [-0.1, -0.05) is 22.8 Å². The van der Waals surface area contributed by atoms with Gasteiger partial charge in [0.2, 0.25) is 0 Å². The van der Waals surface area contributed by atoms with Crippen LogP contribution in [0.5, 0.6) is 0 Å². The van der Waals surface area contributed by atoms with E-state index in [1.54, 1.807) is 47.6 Å². The van der Waals surface area contributed by atoms with Gasteiger partial charge in [0.25, 0.3) is 5.91 Å². The van der Waals surface area contributed by atoms with Crippen molar-refractivity contribution in [3.05, 3.63) is 71.2 Å². The average molecular weight is 371 g/mol. The highest BCUT2D eigenvalue weighted by molar-refractivity contribution is 7.13. The minimum atomic E-state index is -0.363. The van der Waals surface area contributed by atoms with Gasteiger partial charge in [-0.05, 0) is 29.6 Å². The number of hydrogen-bond donors (Lipinski definition) is 1. The Morgan fingerprint density at radius 2 is 2.20 bits per heavy atom. The predicted octanol–water partition coefficient (Wildman–Crippen LogP) is 4.49. The van der Waals surface area contributed by atoms with E-state index >= 15 is 0 Å². The summed E-state index contributed by atoms with van der Waals surface area (Å²) in [5.74, 6) is 0.201. The Labute approximate surface area is 151 Å². The zero-order chi connectivity index (χ0) is 17.2. The molecule has 25 heavy (non-hydrogen) atoms. The molecule has 1 aromatic carbocycles. The van der Waals surface area contributed by atoms with Gasteiger partial charge >= 0.3 is 0 Å². The number of thiophene rings is 1. The fourth-order valence-corrected chi connectivity index (χ4v) is 3.26. The number of nitrogens with zero attached hydrogens (tertiary/aromatic N) is 3. The van der Waals surface area contributed by atoms with Gasteiger partial charge in [0.1, 0.15) is 0 Å². The Balaban J connectivity index is 1.52. The van der Waals surface area contributed by atoms with Crippen LogP contribution in [0.1, 0.15) is 10.5 Å². The highest BCUT2D eigenvalue weighted by atomic mass is 35.5. The zero-order valence-corrected chi connectivity index (χ0v) is 14.3. The second-order valence-electron chi connectivity index (χ2n) is 5.14. The van der Waals surface area contributed by atoms with Crippen LogP contribution in [-0.2, 0) is 0 Å². The third-order valence-electron chi connectivity index (χ3n) is 3.49. The van der Waals surface area contributed by atoms with Crippen molar-refractivity contribution in [2.75, 3.05) is 5.32 Å². The highest BCUT2D eigenvalue weighted by Gasteiger charge is 2.15. The summed E-state index contributed by atoms with van der Waals surface area (Å²) < 4.78 is 7.01. The summed E-state index contributed by atoms with van der Waals surface area (Å²) in [7, 11) is 0. The summed E-state index contributed by atoms with van der Waals surface area (Å²) in [4.78, 5) is 17.2. The Kier molecular flexibility index (Phi) is 4.09. The van der Waals surface area contributed by atoms with Crippen LogP contribution in [0.4, 0.5) is 5.69 Å². The van der Waals surface area contributed by atoms with Crippen molar-refractivity contribution in [1.82, 2.24) is 14.7 Å². The van der Waals surface area contributed by atoms with Gasteiger partial charge in [-0.2, -0.15) is 0 Å². The van der Waals surface area contributed by atoms with Crippen LogP contribution in [-0.4, -0.2) is 20.6 Å². The lowest BCUT2D eigenvalue weighted by molar-refractivity contribution is 0.101. The first kappa shape index (κ1) is 15.6. The van der Waals surface area contributed by atoms with Crippen LogP contribution in [0.15, 0.2) is 65.0 Å². The molecule has 0 spiro atoms. The van der Waals surface area contributed by atoms with Gasteiger partial charge < -0.3 is 14.4 Å². The molecule has 4 rings (SSSR count). The molecule has 0 radical (unpaired) electrons. The molecule has 0 saturated carbocycles. The molecular weight excluding hydrogens is 360 g/mol. The molecule has 0 aliphatic heterocycles. The minimum absolute atomic E-state index is 0.207. The number of benzene rings is 1. The number of halogens is 1. The van der Waals surface area contributed by atoms with Gasteiger partial charge in [0, 0.05) is 24.1 Å². The van der Waals surface area contributed by atoms with Crippen molar-refractivity contribution in [3.63, 3.8) is 0 Å². The monoisotopic (exact) mass is 370 g/mol. The molecule has 3 aromatic heterocycles. The number of imidazole rings is 1. The van der Waals surface area contributed by atoms with Crippen molar-refractivity contribution >= 4 is 34.5 Å². The molecule has 0 atom stereocenters. The Morgan fingerprint density at radius 1 is 1.28 bits per heavy atom. The number of anilines is 1. The van der Waals surface area contributed by atoms with Gasteiger partial charge in [-0.15, -0.1) is 11.3 Å². The molecule has 0 aliphatic carbocycles. The molecule has 1 N–H and O–H groups in total. The number of rotatable bonds is 4. The molecule has 6 nitrogen and oxygen atoms in total. The SMILES string of the molecule is O=C(Nc1ccc(-n2ccnc2)c(Cl)c1)c1cc(-c2cccs2)on1. The summed E-state index contributed by atoms with van der Waals surface area (Å²) in [6, 6.07) is 10.7. The zero-order valence-electron chi connectivity index (χ0n) is 12.7. The number of carbonyl (C=O) groups is 1. The van der Waals surface area contributed by atoms with Crippen LogP contribution in [0.3, 0.4) is 0 Å². The molecule has 0 unspecified atom stereocenters. The molecule has 4 aromatic rings. The summed E-state index contributed by atoms with van der Waals surface area (Å²) >= 11 is 7.81. The summed E-state index contributed by atoms with van der Waals surface area (Å²) in [6.45, 7) is 0. The van der Waals surface area contributed by atoms with Gasteiger partial charge in [-0.3, -0.25) is 4.79 Å². The lowest BCUT2D eigenvalue weighted by atomic mass is 10.2. The van der Waals surface area contributed by atoms with Crippen molar-refractivity contribution in [2.24, 2.45) is 0 Å². The molecule has 0 saturated heterocycles. The first-order valence-electron chi connectivity index (χ1n) is 7.30. The first-order valence-corrected chi connectivity index (χ1v) is 8.56. The van der Waals surface area contributed by atoms with Crippen LogP contribution >= 0.6 is 22.9 Å². The van der Waals surface area contributed by atoms with Crippen LogP contribution in [0.2, 0.25) is 5.02 Å². The smallest absolute Gasteiger partial charge is 0.277 e. The molecule has 3 heterocycles. The normalized spacial score (nSPS) is 10.8. The Morgan fingerprint density at radius 3 is 2.92 bits per heavy atom. The van der Waals surface area contributed by atoms with E-state index < -0.39 is 0 Å². The van der Waals surface area contributed by atoms with E-state index in [9.17, 15) is 4.79 Å². The maximum Gasteiger partial charge on any atom is 0.277 e. The van der Waals surface area contributed by atoms with E-state index in [1.807, 2.05) is 17.5 Å². The number of nitrogens with one attached hydrogen (secondary N) is 1. The summed E-state index contributed by atoms with van der Waals surface area (Å²) in [5, 5.41) is 9.01. The van der Waals surface area contributed by atoms with Crippen LogP contribution in [0.25, 0.3) is 16.3 Å². The fourth-order valence-electron chi connectivity index (χ4n) is 2.31. The lowest BCUT2D eigenvalue weighted by Gasteiger charge is -2.08. The second-order valence-corrected chi connectivity index (χ2v) is 6.50. The Hall–Kier alpha value is -2.90. The van der Waals surface area contributed by atoms with Crippen molar-refractivity contribution in [1.29, 1.82) is 0 Å². The lowest BCUT2D eigenvalue weighted by Crippen LogP contribution is -2.12. The first-order chi connectivity index (χ1) is 12.2. The summed E-state index contributed by atoms with van der Waals surface area (Å²) in [6.07, 6.45) is 5.11. The minimum Gasteiger partial charge on any atom is -0.355 e. The molecule has 0 fully saturated rings. The molecule has 124 valence electrons. The summed E-state index contributed by atoms with van der Waals surface area (Å²) in [5.41, 5.74) is 1.55. The third-order valence-corrected chi connectivity index (χ3v) is 4.68. The largest absolute Gasteiger partial charge is 0.355 e. The molecule has 0 bridgehead atoms. The average Bonchev–Trinajstić information content (AvgIpc) is 3.35. The fraction of sp³-hybridized carbons (Fsp3) is 0. The number of hydrogen-bond acceptors (Lipinski definition) is 5. The molecule has 0 aliphatic rings. The van der Waals surface area contributed by atoms with E-state index in [2.05, 4.69) is 15.5 Å². The number of aromatic nitrogens is 3. The van der Waals surface area contributed by atoms with Crippen molar-refractivity contribution in [2.45, 2.75) is 0 Å². The van der Waals surface area contributed by atoms with E-state index in [1.165, 1.54) is 11.3 Å². The molecular formula is C17H11ClN4O2S. The maximum absolute atomic E-state index is 12.3. The van der Waals surface area contributed by atoms with Gasteiger partial charge in [0.05, 0.1) is 21.9 Å². The number of amides is 1. The van der Waals surface area contributed by atoms with Gasteiger partial charge in [-0.25, -0.2) is 4.98 Å². The van der Waals surface area contributed by atoms with E-state index in [4.69, 9.17) is 16.1 Å². The van der Waals surface area contributed by atoms with Crippen LogP contribution < -0.4 is 5.32 Å². The predicted molar refractivity (Wildman–Crippen MR) is 96.3 cm³/mol. The molecule has 8 heteroatoms. The molecule has 1 amide bonds.